The van der Waals surface area contributed by atoms with Crippen LogP contribution in [0.4, 0.5) is 0 Å². The van der Waals surface area contributed by atoms with Gasteiger partial charge in [0, 0.05) is 5.56 Å². The molecule has 0 radical (unpaired) electrons. The van der Waals surface area contributed by atoms with Gasteiger partial charge >= 0.3 is 0 Å². The van der Waals surface area contributed by atoms with E-state index in [9.17, 15) is 0 Å². The van der Waals surface area contributed by atoms with Gasteiger partial charge in [0.05, 0.1) is 19.4 Å². The zero-order chi connectivity index (χ0) is 12.3. The van der Waals surface area contributed by atoms with Crippen molar-refractivity contribution < 1.29 is 9.15 Å². The molecule has 3 heteroatoms. The summed E-state index contributed by atoms with van der Waals surface area (Å²) in [6.45, 7) is 1.95. The van der Waals surface area contributed by atoms with E-state index in [1.807, 2.05) is 32.2 Å². The van der Waals surface area contributed by atoms with Crippen LogP contribution in [0.1, 0.15) is 22.9 Å². The van der Waals surface area contributed by atoms with E-state index in [0.29, 0.717) is 0 Å². The van der Waals surface area contributed by atoms with Crippen molar-refractivity contribution in [2.75, 3.05) is 14.2 Å². The van der Waals surface area contributed by atoms with Crippen LogP contribution in [0.3, 0.4) is 0 Å². The van der Waals surface area contributed by atoms with E-state index in [2.05, 4.69) is 17.4 Å². The second kappa shape index (κ2) is 5.06. The van der Waals surface area contributed by atoms with Crippen LogP contribution in [-0.4, -0.2) is 14.2 Å². The van der Waals surface area contributed by atoms with Gasteiger partial charge in [0.1, 0.15) is 11.5 Å². The molecule has 90 valence electrons. The average Bonchev–Trinajstić information content (AvgIpc) is 2.78. The van der Waals surface area contributed by atoms with E-state index in [1.165, 1.54) is 5.56 Å². The minimum absolute atomic E-state index is 0.151. The molecule has 0 aliphatic carbocycles. The molecule has 1 N–H and O–H groups in total. The normalized spacial score (nSPS) is 12.4. The number of furan rings is 1. The lowest BCUT2D eigenvalue weighted by Gasteiger charge is -2.15. The first-order chi connectivity index (χ1) is 8.24. The maximum Gasteiger partial charge on any atom is 0.118 e. The molecule has 0 saturated heterocycles. The van der Waals surface area contributed by atoms with Gasteiger partial charge in [-0.15, -0.1) is 0 Å². The van der Waals surface area contributed by atoms with Gasteiger partial charge in [-0.3, -0.25) is 0 Å². The maximum absolute atomic E-state index is 5.35. The maximum atomic E-state index is 5.35. The average molecular weight is 231 g/mol. The van der Waals surface area contributed by atoms with Crippen LogP contribution < -0.4 is 10.1 Å². The Kier molecular flexibility index (Phi) is 3.49. The third-order valence-corrected chi connectivity index (χ3v) is 2.82. The largest absolute Gasteiger partial charge is 0.497 e. The number of hydrogen-bond donors (Lipinski definition) is 1. The number of ether oxygens (including phenoxy) is 1. The van der Waals surface area contributed by atoms with Crippen LogP contribution in [0.2, 0.25) is 0 Å². The molecule has 2 rings (SSSR count). The minimum atomic E-state index is 0.151. The molecule has 1 unspecified atom stereocenters. The monoisotopic (exact) mass is 231 g/mol. The van der Waals surface area contributed by atoms with Crippen LogP contribution in [0.15, 0.2) is 41.0 Å². The third-order valence-electron chi connectivity index (χ3n) is 2.82. The highest BCUT2D eigenvalue weighted by atomic mass is 16.5. The summed E-state index contributed by atoms with van der Waals surface area (Å²) in [5.41, 5.74) is 2.32. The molecule has 1 atom stereocenters. The summed E-state index contributed by atoms with van der Waals surface area (Å²) in [6, 6.07) is 10.2. The van der Waals surface area contributed by atoms with Gasteiger partial charge in [0.15, 0.2) is 0 Å². The molecule has 17 heavy (non-hydrogen) atoms. The highest BCUT2D eigenvalue weighted by Crippen LogP contribution is 2.25. The molecule has 3 nitrogen and oxygen atoms in total. The number of aryl methyl sites for hydroxylation is 1. The zero-order valence-corrected chi connectivity index (χ0v) is 10.4. The fourth-order valence-electron chi connectivity index (χ4n) is 1.94. The highest BCUT2D eigenvalue weighted by molar-refractivity contribution is 5.34. The van der Waals surface area contributed by atoms with Gasteiger partial charge in [-0.2, -0.15) is 0 Å². The standard InChI is InChI=1S/C14H17NO2/c1-10-8-12(9-17-10)14(15-2)11-4-6-13(16-3)7-5-11/h4-9,14-15H,1-3H3. The summed E-state index contributed by atoms with van der Waals surface area (Å²) in [5.74, 6) is 1.79. The molecular weight excluding hydrogens is 214 g/mol. The molecule has 0 saturated carbocycles. The molecule has 0 aliphatic heterocycles. The first-order valence-electron chi connectivity index (χ1n) is 5.61. The quantitative estimate of drug-likeness (QED) is 0.878. The Morgan fingerprint density at radius 1 is 1.18 bits per heavy atom. The molecule has 0 aliphatic rings. The topological polar surface area (TPSA) is 34.4 Å². The van der Waals surface area contributed by atoms with Crippen molar-refractivity contribution >= 4 is 0 Å². The van der Waals surface area contributed by atoms with Crippen molar-refractivity contribution in [1.29, 1.82) is 0 Å². The Bertz CT molecular complexity index is 473. The van der Waals surface area contributed by atoms with Gasteiger partial charge in [0.2, 0.25) is 0 Å². The van der Waals surface area contributed by atoms with Crippen molar-refractivity contribution in [1.82, 2.24) is 5.32 Å². The number of benzene rings is 1. The molecule has 1 aromatic carbocycles. The first kappa shape index (κ1) is 11.7. The smallest absolute Gasteiger partial charge is 0.118 e. The predicted molar refractivity (Wildman–Crippen MR) is 67.3 cm³/mol. The molecule has 0 spiro atoms. The van der Waals surface area contributed by atoms with Crippen molar-refractivity contribution in [3.05, 3.63) is 53.5 Å². The number of methoxy groups -OCH3 is 1. The lowest BCUT2D eigenvalue weighted by molar-refractivity contribution is 0.414. The van der Waals surface area contributed by atoms with E-state index < -0.39 is 0 Å². The van der Waals surface area contributed by atoms with Crippen LogP contribution in [0.25, 0.3) is 0 Å². The second-order valence-electron chi connectivity index (χ2n) is 3.99. The van der Waals surface area contributed by atoms with Crippen LogP contribution in [0, 0.1) is 6.92 Å². The molecule has 1 heterocycles. The molecule has 2 aromatic rings. The Morgan fingerprint density at radius 2 is 1.88 bits per heavy atom. The first-order valence-corrected chi connectivity index (χ1v) is 5.61. The van der Waals surface area contributed by atoms with Crippen molar-refractivity contribution in [3.63, 3.8) is 0 Å². The van der Waals surface area contributed by atoms with Crippen molar-refractivity contribution in [2.24, 2.45) is 0 Å². The van der Waals surface area contributed by atoms with Crippen LogP contribution in [0.5, 0.6) is 5.75 Å². The van der Waals surface area contributed by atoms with Gasteiger partial charge in [-0.25, -0.2) is 0 Å². The van der Waals surface area contributed by atoms with Gasteiger partial charge in [-0.05, 0) is 37.7 Å². The molecule has 0 fully saturated rings. The summed E-state index contributed by atoms with van der Waals surface area (Å²) in [7, 11) is 3.61. The number of rotatable bonds is 4. The number of nitrogens with one attached hydrogen (secondary N) is 1. The van der Waals surface area contributed by atoms with E-state index >= 15 is 0 Å². The lowest BCUT2D eigenvalue weighted by atomic mass is 10.0. The van der Waals surface area contributed by atoms with E-state index in [4.69, 9.17) is 9.15 Å². The minimum Gasteiger partial charge on any atom is -0.497 e. The van der Waals surface area contributed by atoms with Gasteiger partial charge < -0.3 is 14.5 Å². The highest BCUT2D eigenvalue weighted by Gasteiger charge is 2.13. The SMILES string of the molecule is CNC(c1ccc(OC)cc1)c1coc(C)c1. The summed E-state index contributed by atoms with van der Waals surface area (Å²) < 4.78 is 10.5. The van der Waals surface area contributed by atoms with Gasteiger partial charge in [0.25, 0.3) is 0 Å². The molecule has 0 amide bonds. The third kappa shape index (κ3) is 2.50. The lowest BCUT2D eigenvalue weighted by Crippen LogP contribution is -2.16. The van der Waals surface area contributed by atoms with Crippen molar-refractivity contribution in [3.8, 4) is 5.75 Å². The molecular formula is C14H17NO2. The Labute approximate surface area is 101 Å². The fourth-order valence-corrected chi connectivity index (χ4v) is 1.94. The van der Waals surface area contributed by atoms with E-state index in [1.54, 1.807) is 13.4 Å². The number of hydrogen-bond acceptors (Lipinski definition) is 3. The van der Waals surface area contributed by atoms with E-state index in [0.717, 1.165) is 17.1 Å². The second-order valence-corrected chi connectivity index (χ2v) is 3.99. The fraction of sp³-hybridized carbons (Fsp3) is 0.286. The Morgan fingerprint density at radius 3 is 2.35 bits per heavy atom. The van der Waals surface area contributed by atoms with Gasteiger partial charge in [-0.1, -0.05) is 12.1 Å². The van der Waals surface area contributed by atoms with E-state index in [-0.39, 0.29) is 6.04 Å². The molecule has 1 aromatic heterocycles. The van der Waals surface area contributed by atoms with Crippen molar-refractivity contribution in [2.45, 2.75) is 13.0 Å². The summed E-state index contributed by atoms with van der Waals surface area (Å²) in [5, 5.41) is 3.28. The summed E-state index contributed by atoms with van der Waals surface area (Å²) >= 11 is 0. The van der Waals surface area contributed by atoms with Crippen LogP contribution >= 0.6 is 0 Å². The summed E-state index contributed by atoms with van der Waals surface area (Å²) in [4.78, 5) is 0. The molecule has 0 bridgehead atoms. The van der Waals surface area contributed by atoms with Crippen LogP contribution in [-0.2, 0) is 0 Å². The predicted octanol–water partition coefficient (Wildman–Crippen LogP) is 2.91. The Balaban J connectivity index is 2.28. The Hall–Kier alpha value is -1.74. The zero-order valence-electron chi connectivity index (χ0n) is 10.4. The summed E-state index contributed by atoms with van der Waals surface area (Å²) in [6.07, 6.45) is 1.79.